The third-order valence-electron chi connectivity index (χ3n) is 5.08. The van der Waals surface area contributed by atoms with Crippen LogP contribution in [-0.4, -0.2) is 35.2 Å². The molecule has 1 aromatic carbocycles. The quantitative estimate of drug-likeness (QED) is 0.613. The molecule has 6 nitrogen and oxygen atoms in total. The van der Waals surface area contributed by atoms with Gasteiger partial charge in [0.25, 0.3) is 5.56 Å². The molecule has 4 rings (SSSR count). The van der Waals surface area contributed by atoms with E-state index in [2.05, 4.69) is 4.98 Å². The second-order valence-electron chi connectivity index (χ2n) is 7.26. The highest BCUT2D eigenvalue weighted by Crippen LogP contribution is 2.31. The molecule has 1 fully saturated rings. The summed E-state index contributed by atoms with van der Waals surface area (Å²) in [6.45, 7) is 4.88. The maximum atomic E-state index is 13.1. The van der Waals surface area contributed by atoms with Crippen molar-refractivity contribution >= 4 is 38.2 Å². The molecule has 3 aromatic rings. The Kier molecular flexibility index (Phi) is 4.49. The summed E-state index contributed by atoms with van der Waals surface area (Å²) in [5.41, 5.74) is 1.56. The highest BCUT2D eigenvalue weighted by molar-refractivity contribution is 7.89. The Hall–Kier alpha value is -1.96. The van der Waals surface area contributed by atoms with Crippen molar-refractivity contribution in [2.75, 3.05) is 13.1 Å². The normalized spacial score (nSPS) is 19.0. The standard InChI is InChI=1S/C19H20ClN3O3S/c1-12-5-7-23-16-10-15(20)17(9-14(16)19(24)21-18(23)8-12)27(25,26)22-6-3-4-13(2)11-22/h5,7-10,13H,3-4,6,11H2,1-2H3/t13-/m1/s1. The summed E-state index contributed by atoms with van der Waals surface area (Å²) in [5, 5.41) is 0.352. The minimum atomic E-state index is -3.77. The van der Waals surface area contributed by atoms with Crippen LogP contribution in [0.3, 0.4) is 0 Å². The first kappa shape index (κ1) is 18.4. The molecule has 0 amide bonds. The Labute approximate surface area is 162 Å². The lowest BCUT2D eigenvalue weighted by molar-refractivity contribution is 0.281. The smallest absolute Gasteiger partial charge is 0.281 e. The fraction of sp³-hybridized carbons (Fsp3) is 0.368. The van der Waals surface area contributed by atoms with E-state index in [9.17, 15) is 13.2 Å². The second-order valence-corrected chi connectivity index (χ2v) is 9.57. The van der Waals surface area contributed by atoms with Crippen molar-refractivity contribution in [2.24, 2.45) is 5.92 Å². The molecule has 142 valence electrons. The van der Waals surface area contributed by atoms with Gasteiger partial charge in [-0.15, -0.1) is 0 Å². The predicted molar refractivity (Wildman–Crippen MR) is 106 cm³/mol. The van der Waals surface area contributed by atoms with Crippen molar-refractivity contribution in [2.45, 2.75) is 31.6 Å². The lowest BCUT2D eigenvalue weighted by Gasteiger charge is -2.30. The van der Waals surface area contributed by atoms with Crippen LogP contribution in [0.25, 0.3) is 16.6 Å². The fourth-order valence-electron chi connectivity index (χ4n) is 3.66. The van der Waals surface area contributed by atoms with Gasteiger partial charge in [0, 0.05) is 19.3 Å². The molecule has 3 heterocycles. The third kappa shape index (κ3) is 3.13. The van der Waals surface area contributed by atoms with E-state index in [-0.39, 0.29) is 15.3 Å². The van der Waals surface area contributed by atoms with Gasteiger partial charge in [0.15, 0.2) is 0 Å². The van der Waals surface area contributed by atoms with Crippen LogP contribution in [0.4, 0.5) is 0 Å². The van der Waals surface area contributed by atoms with Crippen LogP contribution in [0.5, 0.6) is 0 Å². The van der Waals surface area contributed by atoms with E-state index in [0.717, 1.165) is 18.4 Å². The van der Waals surface area contributed by atoms with Crippen molar-refractivity contribution < 1.29 is 8.42 Å². The van der Waals surface area contributed by atoms with Gasteiger partial charge in [0.05, 0.1) is 15.9 Å². The molecule has 1 aliphatic rings. The summed E-state index contributed by atoms with van der Waals surface area (Å²) in [4.78, 5) is 16.6. The van der Waals surface area contributed by atoms with Gasteiger partial charge in [-0.1, -0.05) is 18.5 Å². The number of rotatable bonds is 2. The summed E-state index contributed by atoms with van der Waals surface area (Å²) in [6.07, 6.45) is 3.63. The Balaban J connectivity index is 1.94. The third-order valence-corrected chi connectivity index (χ3v) is 7.41. The van der Waals surface area contributed by atoms with Gasteiger partial charge in [-0.2, -0.15) is 9.29 Å². The summed E-state index contributed by atoms with van der Waals surface area (Å²) < 4.78 is 29.5. The Bertz CT molecular complexity index is 1220. The zero-order chi connectivity index (χ0) is 19.3. The Morgan fingerprint density at radius 2 is 2.04 bits per heavy atom. The topological polar surface area (TPSA) is 71.8 Å². The number of pyridine rings is 1. The number of aromatic nitrogens is 2. The van der Waals surface area contributed by atoms with Gasteiger partial charge in [-0.25, -0.2) is 8.42 Å². The molecule has 2 aromatic heterocycles. The van der Waals surface area contributed by atoms with Crippen LogP contribution in [0.15, 0.2) is 40.2 Å². The Morgan fingerprint density at radius 1 is 1.26 bits per heavy atom. The van der Waals surface area contributed by atoms with E-state index in [1.165, 1.54) is 10.4 Å². The number of sulfonamides is 1. The fourth-order valence-corrected chi connectivity index (χ4v) is 5.78. The minimum Gasteiger partial charge on any atom is -0.301 e. The summed E-state index contributed by atoms with van der Waals surface area (Å²) in [7, 11) is -3.77. The van der Waals surface area contributed by atoms with Crippen molar-refractivity contribution in [3.05, 3.63) is 51.4 Å². The number of fused-ring (bicyclic) bond motifs is 3. The van der Waals surface area contributed by atoms with E-state index in [0.29, 0.717) is 30.2 Å². The van der Waals surface area contributed by atoms with Crippen LogP contribution in [0.2, 0.25) is 5.02 Å². The van der Waals surface area contributed by atoms with Gasteiger partial charge >= 0.3 is 0 Å². The molecule has 0 bridgehead atoms. The zero-order valence-corrected chi connectivity index (χ0v) is 16.7. The monoisotopic (exact) mass is 405 g/mol. The maximum Gasteiger partial charge on any atom is 0.281 e. The average molecular weight is 406 g/mol. The van der Waals surface area contributed by atoms with Crippen molar-refractivity contribution in [3.8, 4) is 0 Å². The molecule has 0 radical (unpaired) electrons. The first-order valence-electron chi connectivity index (χ1n) is 8.90. The molecule has 8 heteroatoms. The highest BCUT2D eigenvalue weighted by atomic mass is 35.5. The van der Waals surface area contributed by atoms with E-state index in [4.69, 9.17) is 11.6 Å². The van der Waals surface area contributed by atoms with Crippen LogP contribution in [-0.2, 0) is 10.0 Å². The number of benzene rings is 1. The van der Waals surface area contributed by atoms with Crippen molar-refractivity contribution in [3.63, 3.8) is 0 Å². The molecule has 0 saturated carbocycles. The summed E-state index contributed by atoms with van der Waals surface area (Å²) >= 11 is 6.39. The van der Waals surface area contributed by atoms with E-state index >= 15 is 0 Å². The highest BCUT2D eigenvalue weighted by Gasteiger charge is 2.31. The Morgan fingerprint density at radius 3 is 2.78 bits per heavy atom. The van der Waals surface area contributed by atoms with Gasteiger partial charge in [-0.05, 0) is 55.5 Å². The molecule has 0 N–H and O–H groups in total. The van der Waals surface area contributed by atoms with Gasteiger partial charge in [0.2, 0.25) is 10.0 Å². The van der Waals surface area contributed by atoms with Crippen LogP contribution in [0.1, 0.15) is 25.3 Å². The van der Waals surface area contributed by atoms with Crippen molar-refractivity contribution in [1.82, 2.24) is 13.7 Å². The van der Waals surface area contributed by atoms with Gasteiger partial charge in [0.1, 0.15) is 10.5 Å². The SMILES string of the molecule is Cc1ccn2c(c1)nc(=O)c1cc(S(=O)(=O)N3CCC[C@@H](C)C3)c(Cl)cc12. The molecule has 1 atom stereocenters. The first-order chi connectivity index (χ1) is 12.8. The zero-order valence-electron chi connectivity index (χ0n) is 15.1. The van der Waals surface area contributed by atoms with Crippen molar-refractivity contribution in [1.29, 1.82) is 0 Å². The van der Waals surface area contributed by atoms with Gasteiger partial charge < -0.3 is 4.40 Å². The molecule has 1 saturated heterocycles. The molecule has 0 spiro atoms. The van der Waals surface area contributed by atoms with E-state index in [1.807, 2.05) is 19.9 Å². The van der Waals surface area contributed by atoms with Crippen LogP contribution >= 0.6 is 11.6 Å². The number of hydrogen-bond acceptors (Lipinski definition) is 4. The molecule has 27 heavy (non-hydrogen) atoms. The summed E-state index contributed by atoms with van der Waals surface area (Å²) in [5.74, 6) is 0.298. The number of aryl methyl sites for hydroxylation is 1. The first-order valence-corrected chi connectivity index (χ1v) is 10.7. The molecular weight excluding hydrogens is 386 g/mol. The summed E-state index contributed by atoms with van der Waals surface area (Å²) in [6, 6.07) is 6.61. The lowest BCUT2D eigenvalue weighted by Crippen LogP contribution is -2.39. The minimum absolute atomic E-state index is 0.0308. The van der Waals surface area contributed by atoms with Gasteiger partial charge in [-0.3, -0.25) is 4.79 Å². The van der Waals surface area contributed by atoms with Crippen LogP contribution in [0, 0.1) is 12.8 Å². The number of piperidine rings is 1. The van der Waals surface area contributed by atoms with E-state index in [1.54, 1.807) is 22.7 Å². The average Bonchev–Trinajstić information content (AvgIpc) is 2.61. The molecule has 0 unspecified atom stereocenters. The largest absolute Gasteiger partial charge is 0.301 e. The van der Waals surface area contributed by atoms with Crippen LogP contribution < -0.4 is 5.56 Å². The lowest BCUT2D eigenvalue weighted by atomic mass is 10.0. The van der Waals surface area contributed by atoms with E-state index < -0.39 is 15.6 Å². The molecule has 1 aliphatic heterocycles. The second kappa shape index (κ2) is 6.58. The number of nitrogens with zero attached hydrogens (tertiary/aromatic N) is 3. The predicted octanol–water partition coefficient (Wildman–Crippen LogP) is 3.23. The molecule has 0 aliphatic carbocycles. The number of halogens is 1. The number of hydrogen-bond donors (Lipinski definition) is 0. The molecular formula is C19H20ClN3O3S. The maximum absolute atomic E-state index is 13.1.